The predicted molar refractivity (Wildman–Crippen MR) is 90.9 cm³/mol. The average molecular weight is 317 g/mol. The van der Waals surface area contributed by atoms with E-state index in [9.17, 15) is 4.79 Å². The van der Waals surface area contributed by atoms with Crippen LogP contribution < -0.4 is 4.90 Å². The molecule has 23 heavy (non-hydrogen) atoms. The lowest BCUT2D eigenvalue weighted by Crippen LogP contribution is -2.47. The molecule has 0 spiro atoms. The Morgan fingerprint density at radius 1 is 0.957 bits per heavy atom. The summed E-state index contributed by atoms with van der Waals surface area (Å²) in [7, 11) is 2.09. The fourth-order valence-corrected chi connectivity index (χ4v) is 3.29. The first-order chi connectivity index (χ1) is 11.1. The molecule has 2 saturated heterocycles. The maximum absolute atomic E-state index is 12.8. The van der Waals surface area contributed by atoms with E-state index in [4.69, 9.17) is 0 Å². The second kappa shape index (κ2) is 7.25. The highest BCUT2D eigenvalue weighted by Crippen LogP contribution is 2.19. The summed E-state index contributed by atoms with van der Waals surface area (Å²) in [4.78, 5) is 28.2. The van der Waals surface area contributed by atoms with Crippen LogP contribution in [0.3, 0.4) is 0 Å². The number of amides is 1. The van der Waals surface area contributed by atoms with Gasteiger partial charge in [-0.3, -0.25) is 4.79 Å². The summed E-state index contributed by atoms with van der Waals surface area (Å²) in [6, 6.07) is 1.89. The molecule has 0 aliphatic carbocycles. The van der Waals surface area contributed by atoms with Gasteiger partial charge in [0.05, 0.1) is 0 Å². The summed E-state index contributed by atoms with van der Waals surface area (Å²) in [5.74, 6) is 1.64. The van der Waals surface area contributed by atoms with Crippen LogP contribution in [0.2, 0.25) is 0 Å². The van der Waals surface area contributed by atoms with Gasteiger partial charge in [0, 0.05) is 45.3 Å². The van der Waals surface area contributed by atoms with Gasteiger partial charge in [-0.15, -0.1) is 0 Å². The van der Waals surface area contributed by atoms with Gasteiger partial charge >= 0.3 is 0 Å². The Bertz CT molecular complexity index is 546. The van der Waals surface area contributed by atoms with E-state index in [-0.39, 0.29) is 5.91 Å². The lowest BCUT2D eigenvalue weighted by molar-refractivity contribution is 0.0658. The molecule has 6 heteroatoms. The predicted octanol–water partition coefficient (Wildman–Crippen LogP) is 1.55. The maximum atomic E-state index is 12.8. The van der Waals surface area contributed by atoms with E-state index >= 15 is 0 Å². The van der Waals surface area contributed by atoms with Gasteiger partial charge in [-0.25, -0.2) is 9.97 Å². The van der Waals surface area contributed by atoms with E-state index in [0.717, 1.165) is 45.1 Å². The highest BCUT2D eigenvalue weighted by molar-refractivity contribution is 5.93. The zero-order valence-corrected chi connectivity index (χ0v) is 14.3. The first-order valence-electron chi connectivity index (χ1n) is 8.72. The highest BCUT2D eigenvalue weighted by Gasteiger charge is 2.23. The topological polar surface area (TPSA) is 52.6 Å². The number of nitrogens with zero attached hydrogens (tertiary/aromatic N) is 5. The zero-order valence-electron chi connectivity index (χ0n) is 14.3. The molecule has 0 aromatic carbocycles. The third-order valence-electron chi connectivity index (χ3n) is 4.76. The zero-order chi connectivity index (χ0) is 16.2. The third-order valence-corrected chi connectivity index (χ3v) is 4.76. The number of aromatic nitrogens is 2. The van der Waals surface area contributed by atoms with Crippen molar-refractivity contribution >= 4 is 11.7 Å². The summed E-state index contributed by atoms with van der Waals surface area (Å²) in [5.41, 5.74) is 0.543. The van der Waals surface area contributed by atoms with Gasteiger partial charge in [0.1, 0.15) is 17.3 Å². The molecule has 1 amide bonds. The number of likely N-dealkylation sites (N-methyl/N-ethyl adjacent to an activating group) is 1. The smallest absolute Gasteiger partial charge is 0.272 e. The van der Waals surface area contributed by atoms with Gasteiger partial charge in [-0.1, -0.05) is 12.8 Å². The molecule has 0 atom stereocenters. The van der Waals surface area contributed by atoms with Crippen LogP contribution >= 0.6 is 0 Å². The second-order valence-electron chi connectivity index (χ2n) is 6.66. The molecule has 6 nitrogen and oxygen atoms in total. The standard InChI is InChI=1S/C17H27N5O/c1-14-18-15(17(23)22-11-9-20(2)10-12-22)13-16(19-14)21-7-5-3-4-6-8-21/h13H,3-12H2,1-2H3. The summed E-state index contributed by atoms with van der Waals surface area (Å²) >= 11 is 0. The minimum atomic E-state index is 0.0414. The molecule has 0 unspecified atom stereocenters. The summed E-state index contributed by atoms with van der Waals surface area (Å²) < 4.78 is 0. The molecule has 0 N–H and O–H groups in total. The van der Waals surface area contributed by atoms with Crippen molar-refractivity contribution in [1.29, 1.82) is 0 Å². The average Bonchev–Trinajstić information content (AvgIpc) is 2.83. The van der Waals surface area contributed by atoms with E-state index in [2.05, 4.69) is 26.8 Å². The Balaban J connectivity index is 1.78. The van der Waals surface area contributed by atoms with Crippen LogP contribution in [0.1, 0.15) is 42.0 Å². The summed E-state index contributed by atoms with van der Waals surface area (Å²) in [6.07, 6.45) is 4.97. The van der Waals surface area contributed by atoms with Crippen molar-refractivity contribution in [2.24, 2.45) is 0 Å². The van der Waals surface area contributed by atoms with Crippen molar-refractivity contribution in [2.75, 3.05) is 51.2 Å². The molecular formula is C17H27N5O. The first-order valence-corrected chi connectivity index (χ1v) is 8.72. The van der Waals surface area contributed by atoms with Gasteiger partial charge < -0.3 is 14.7 Å². The summed E-state index contributed by atoms with van der Waals surface area (Å²) in [5, 5.41) is 0. The number of aryl methyl sites for hydroxylation is 1. The van der Waals surface area contributed by atoms with Crippen molar-refractivity contribution in [3.05, 3.63) is 17.6 Å². The van der Waals surface area contributed by atoms with Crippen molar-refractivity contribution in [2.45, 2.75) is 32.6 Å². The van der Waals surface area contributed by atoms with Crippen LogP contribution in [0.25, 0.3) is 0 Å². The molecule has 1 aromatic heterocycles. The number of carbonyl (C=O) groups is 1. The summed E-state index contributed by atoms with van der Waals surface area (Å²) in [6.45, 7) is 7.33. The molecule has 0 bridgehead atoms. The molecular weight excluding hydrogens is 290 g/mol. The van der Waals surface area contributed by atoms with E-state index in [1.807, 2.05) is 17.9 Å². The Kier molecular flexibility index (Phi) is 5.10. The van der Waals surface area contributed by atoms with Crippen LogP contribution in [0, 0.1) is 6.92 Å². The van der Waals surface area contributed by atoms with Crippen molar-refractivity contribution in [3.8, 4) is 0 Å². The van der Waals surface area contributed by atoms with Crippen molar-refractivity contribution in [1.82, 2.24) is 19.8 Å². The fourth-order valence-electron chi connectivity index (χ4n) is 3.29. The van der Waals surface area contributed by atoms with Crippen LogP contribution in [-0.2, 0) is 0 Å². The lowest BCUT2D eigenvalue weighted by Gasteiger charge is -2.32. The Labute approximate surface area is 138 Å². The normalized spacial score (nSPS) is 20.4. The largest absolute Gasteiger partial charge is 0.356 e. The molecule has 2 fully saturated rings. The minimum absolute atomic E-state index is 0.0414. The van der Waals surface area contributed by atoms with Crippen molar-refractivity contribution in [3.63, 3.8) is 0 Å². The van der Waals surface area contributed by atoms with E-state index in [1.165, 1.54) is 25.7 Å². The van der Waals surface area contributed by atoms with Gasteiger partial charge in [0.2, 0.25) is 0 Å². The maximum Gasteiger partial charge on any atom is 0.272 e. The van der Waals surface area contributed by atoms with Crippen LogP contribution in [-0.4, -0.2) is 72.0 Å². The molecule has 1 aromatic rings. The van der Waals surface area contributed by atoms with Gasteiger partial charge in [-0.2, -0.15) is 0 Å². The van der Waals surface area contributed by atoms with Gasteiger partial charge in [0.25, 0.3) is 5.91 Å². The van der Waals surface area contributed by atoms with Crippen LogP contribution in [0.4, 0.5) is 5.82 Å². The quantitative estimate of drug-likeness (QED) is 0.828. The lowest BCUT2D eigenvalue weighted by atomic mass is 10.2. The van der Waals surface area contributed by atoms with Crippen molar-refractivity contribution < 1.29 is 4.79 Å². The number of carbonyl (C=O) groups excluding carboxylic acids is 1. The number of hydrogen-bond acceptors (Lipinski definition) is 5. The molecule has 2 aliphatic rings. The van der Waals surface area contributed by atoms with E-state index < -0.39 is 0 Å². The SMILES string of the molecule is Cc1nc(C(=O)N2CCN(C)CC2)cc(N2CCCCCC2)n1. The molecule has 3 rings (SSSR count). The van der Waals surface area contributed by atoms with Gasteiger partial charge in [-0.05, 0) is 26.8 Å². The Morgan fingerprint density at radius 2 is 1.61 bits per heavy atom. The number of piperazine rings is 1. The fraction of sp³-hybridized carbons (Fsp3) is 0.706. The van der Waals surface area contributed by atoms with Crippen LogP contribution in [0.5, 0.6) is 0 Å². The molecule has 3 heterocycles. The molecule has 2 aliphatic heterocycles. The highest BCUT2D eigenvalue weighted by atomic mass is 16.2. The Hall–Kier alpha value is -1.69. The number of rotatable bonds is 2. The van der Waals surface area contributed by atoms with Crippen LogP contribution in [0.15, 0.2) is 6.07 Å². The molecule has 126 valence electrons. The number of anilines is 1. The van der Waals surface area contributed by atoms with Gasteiger partial charge in [0.15, 0.2) is 0 Å². The Morgan fingerprint density at radius 3 is 2.26 bits per heavy atom. The third kappa shape index (κ3) is 3.99. The molecule has 0 saturated carbocycles. The van der Waals surface area contributed by atoms with E-state index in [0.29, 0.717) is 11.5 Å². The monoisotopic (exact) mass is 317 g/mol. The first kappa shape index (κ1) is 16.2. The second-order valence-corrected chi connectivity index (χ2v) is 6.66. The number of hydrogen-bond donors (Lipinski definition) is 0. The molecule has 0 radical (unpaired) electrons. The van der Waals surface area contributed by atoms with E-state index in [1.54, 1.807) is 0 Å². The minimum Gasteiger partial charge on any atom is -0.356 e.